The molecule has 0 radical (unpaired) electrons. The van der Waals surface area contributed by atoms with E-state index in [0.29, 0.717) is 19.3 Å². The molecule has 0 saturated carbocycles. The van der Waals surface area contributed by atoms with Crippen LogP contribution in [0.2, 0.25) is 0 Å². The van der Waals surface area contributed by atoms with Gasteiger partial charge in [-0.25, -0.2) is 0 Å². The summed E-state index contributed by atoms with van der Waals surface area (Å²) in [6.45, 7) is 2.04. The molecule has 0 bridgehead atoms. The smallest absolute Gasteiger partial charge is 0.239 e. The van der Waals surface area contributed by atoms with E-state index >= 15 is 0 Å². The summed E-state index contributed by atoms with van der Waals surface area (Å²) in [7, 11) is 0. The second kappa shape index (κ2) is 8.29. The molecule has 0 aromatic heterocycles. The first-order chi connectivity index (χ1) is 9.13. The van der Waals surface area contributed by atoms with Gasteiger partial charge < -0.3 is 11.1 Å². The number of amides is 2. The molecule has 1 rings (SSSR count). The SMILES string of the molecule is CCCC[C@H](NC(=O)CCc1ccccc1)C(N)=O. The van der Waals surface area contributed by atoms with Crippen molar-refractivity contribution in [2.24, 2.45) is 5.73 Å². The Labute approximate surface area is 114 Å². The number of rotatable bonds is 8. The highest BCUT2D eigenvalue weighted by Gasteiger charge is 2.16. The first-order valence-corrected chi connectivity index (χ1v) is 6.76. The molecule has 0 unspecified atom stereocenters. The molecule has 0 spiro atoms. The van der Waals surface area contributed by atoms with Gasteiger partial charge in [-0.05, 0) is 18.4 Å². The van der Waals surface area contributed by atoms with Gasteiger partial charge >= 0.3 is 0 Å². The third-order valence-electron chi connectivity index (χ3n) is 3.01. The Kier molecular flexibility index (Phi) is 6.64. The zero-order valence-electron chi connectivity index (χ0n) is 11.4. The van der Waals surface area contributed by atoms with E-state index in [1.54, 1.807) is 0 Å². The first-order valence-electron chi connectivity index (χ1n) is 6.76. The minimum Gasteiger partial charge on any atom is -0.368 e. The van der Waals surface area contributed by atoms with Crippen LogP contribution < -0.4 is 11.1 Å². The fourth-order valence-electron chi connectivity index (χ4n) is 1.86. The lowest BCUT2D eigenvalue weighted by Crippen LogP contribution is -2.44. The third-order valence-corrected chi connectivity index (χ3v) is 3.01. The number of unbranched alkanes of at least 4 members (excludes halogenated alkanes) is 1. The molecular weight excluding hydrogens is 240 g/mol. The quantitative estimate of drug-likeness (QED) is 0.749. The van der Waals surface area contributed by atoms with Crippen molar-refractivity contribution in [3.05, 3.63) is 35.9 Å². The van der Waals surface area contributed by atoms with Crippen LogP contribution in [0.3, 0.4) is 0 Å². The standard InChI is InChI=1S/C15H22N2O2/c1-2-3-9-13(15(16)19)17-14(18)11-10-12-7-5-4-6-8-12/h4-8,13H,2-3,9-11H2,1H3,(H2,16,19)(H,17,18)/t13-/m0/s1. The largest absolute Gasteiger partial charge is 0.368 e. The Balaban J connectivity index is 2.38. The Morgan fingerprint density at radius 1 is 1.26 bits per heavy atom. The van der Waals surface area contributed by atoms with Gasteiger partial charge in [0, 0.05) is 6.42 Å². The van der Waals surface area contributed by atoms with Gasteiger partial charge in [-0.2, -0.15) is 0 Å². The van der Waals surface area contributed by atoms with Gasteiger partial charge in [0.2, 0.25) is 11.8 Å². The van der Waals surface area contributed by atoms with Crippen molar-refractivity contribution in [2.75, 3.05) is 0 Å². The zero-order valence-corrected chi connectivity index (χ0v) is 11.4. The molecule has 0 fully saturated rings. The summed E-state index contributed by atoms with van der Waals surface area (Å²) in [5.74, 6) is -0.578. The normalized spacial score (nSPS) is 11.8. The van der Waals surface area contributed by atoms with E-state index in [-0.39, 0.29) is 5.91 Å². The first kappa shape index (κ1) is 15.2. The molecule has 1 aromatic carbocycles. The molecule has 19 heavy (non-hydrogen) atoms. The summed E-state index contributed by atoms with van der Waals surface area (Å²) in [4.78, 5) is 23.0. The maximum Gasteiger partial charge on any atom is 0.239 e. The van der Waals surface area contributed by atoms with E-state index in [9.17, 15) is 9.59 Å². The van der Waals surface area contributed by atoms with Crippen LogP contribution in [-0.2, 0) is 16.0 Å². The van der Waals surface area contributed by atoms with Crippen LogP contribution in [0.4, 0.5) is 0 Å². The van der Waals surface area contributed by atoms with Crippen LogP contribution in [0.1, 0.15) is 38.2 Å². The predicted molar refractivity (Wildman–Crippen MR) is 75.4 cm³/mol. The van der Waals surface area contributed by atoms with Gasteiger partial charge in [-0.1, -0.05) is 50.1 Å². The van der Waals surface area contributed by atoms with Gasteiger partial charge in [0.15, 0.2) is 0 Å². The van der Waals surface area contributed by atoms with Crippen LogP contribution in [0.15, 0.2) is 30.3 Å². The summed E-state index contributed by atoms with van der Waals surface area (Å²) in [6.07, 6.45) is 3.52. The molecule has 104 valence electrons. The summed E-state index contributed by atoms with van der Waals surface area (Å²) >= 11 is 0. The van der Waals surface area contributed by atoms with Gasteiger partial charge in [0.05, 0.1) is 0 Å². The number of benzene rings is 1. The number of nitrogens with one attached hydrogen (secondary N) is 1. The molecular formula is C15H22N2O2. The van der Waals surface area contributed by atoms with E-state index in [0.717, 1.165) is 18.4 Å². The van der Waals surface area contributed by atoms with E-state index < -0.39 is 11.9 Å². The number of carbonyl (C=O) groups is 2. The monoisotopic (exact) mass is 262 g/mol. The second-order valence-electron chi connectivity index (χ2n) is 4.65. The average Bonchev–Trinajstić information content (AvgIpc) is 2.42. The van der Waals surface area contributed by atoms with Crippen molar-refractivity contribution in [3.8, 4) is 0 Å². The molecule has 4 heteroatoms. The fourth-order valence-corrected chi connectivity index (χ4v) is 1.86. The molecule has 0 aliphatic carbocycles. The summed E-state index contributed by atoms with van der Waals surface area (Å²) in [6, 6.07) is 9.26. The van der Waals surface area contributed by atoms with Gasteiger partial charge in [0.25, 0.3) is 0 Å². The Hall–Kier alpha value is -1.84. The van der Waals surface area contributed by atoms with Crippen LogP contribution in [0.25, 0.3) is 0 Å². The molecule has 2 amide bonds. The lowest BCUT2D eigenvalue weighted by Gasteiger charge is -2.15. The number of hydrogen-bond acceptors (Lipinski definition) is 2. The van der Waals surface area contributed by atoms with Crippen LogP contribution in [-0.4, -0.2) is 17.9 Å². The second-order valence-corrected chi connectivity index (χ2v) is 4.65. The van der Waals surface area contributed by atoms with Crippen molar-refractivity contribution < 1.29 is 9.59 Å². The highest BCUT2D eigenvalue weighted by molar-refractivity contribution is 5.86. The summed E-state index contributed by atoms with van der Waals surface area (Å²) in [5.41, 5.74) is 6.39. The summed E-state index contributed by atoms with van der Waals surface area (Å²) < 4.78 is 0. The van der Waals surface area contributed by atoms with E-state index in [1.807, 2.05) is 37.3 Å². The molecule has 1 aromatic rings. The van der Waals surface area contributed by atoms with E-state index in [4.69, 9.17) is 5.73 Å². The molecule has 4 nitrogen and oxygen atoms in total. The maximum absolute atomic E-state index is 11.8. The van der Waals surface area contributed by atoms with Crippen molar-refractivity contribution in [1.29, 1.82) is 0 Å². The maximum atomic E-state index is 11.8. The predicted octanol–water partition coefficient (Wildman–Crippen LogP) is 1.78. The molecule has 1 atom stereocenters. The summed E-state index contributed by atoms with van der Waals surface area (Å²) in [5, 5.41) is 2.71. The van der Waals surface area contributed by atoms with Gasteiger partial charge in [0.1, 0.15) is 6.04 Å². The number of aryl methyl sites for hydroxylation is 1. The minimum absolute atomic E-state index is 0.122. The van der Waals surface area contributed by atoms with E-state index in [2.05, 4.69) is 5.32 Å². The number of hydrogen-bond donors (Lipinski definition) is 2. The molecule has 3 N–H and O–H groups in total. The Morgan fingerprint density at radius 2 is 1.95 bits per heavy atom. The van der Waals surface area contributed by atoms with Crippen molar-refractivity contribution in [1.82, 2.24) is 5.32 Å². The van der Waals surface area contributed by atoms with Gasteiger partial charge in [-0.15, -0.1) is 0 Å². The molecule has 0 saturated heterocycles. The lowest BCUT2D eigenvalue weighted by atomic mass is 10.1. The van der Waals surface area contributed by atoms with Crippen molar-refractivity contribution in [2.45, 2.75) is 45.1 Å². The highest BCUT2D eigenvalue weighted by Crippen LogP contribution is 2.04. The number of nitrogens with two attached hydrogens (primary N) is 1. The molecule has 0 aliphatic heterocycles. The number of carbonyl (C=O) groups excluding carboxylic acids is 2. The fraction of sp³-hybridized carbons (Fsp3) is 0.467. The lowest BCUT2D eigenvalue weighted by molar-refractivity contribution is -0.127. The van der Waals surface area contributed by atoms with Crippen molar-refractivity contribution >= 4 is 11.8 Å². The van der Waals surface area contributed by atoms with Crippen LogP contribution in [0, 0.1) is 0 Å². The Morgan fingerprint density at radius 3 is 2.53 bits per heavy atom. The topological polar surface area (TPSA) is 72.2 Å². The molecule has 0 aliphatic rings. The van der Waals surface area contributed by atoms with Crippen molar-refractivity contribution in [3.63, 3.8) is 0 Å². The highest BCUT2D eigenvalue weighted by atomic mass is 16.2. The molecule has 0 heterocycles. The third kappa shape index (κ3) is 6.04. The average molecular weight is 262 g/mol. The van der Waals surface area contributed by atoms with Gasteiger partial charge in [-0.3, -0.25) is 9.59 Å². The minimum atomic E-state index is -0.539. The van der Waals surface area contributed by atoms with Crippen LogP contribution >= 0.6 is 0 Å². The number of primary amides is 1. The van der Waals surface area contributed by atoms with E-state index in [1.165, 1.54) is 0 Å². The van der Waals surface area contributed by atoms with Crippen LogP contribution in [0.5, 0.6) is 0 Å². The zero-order chi connectivity index (χ0) is 14.1. The Bertz CT molecular complexity index is 404.